The first-order valence-corrected chi connectivity index (χ1v) is 8.67. The lowest BCUT2D eigenvalue weighted by Gasteiger charge is -2.57. The molecule has 4 saturated carbocycles. The van der Waals surface area contributed by atoms with E-state index in [1.807, 2.05) is 0 Å². The number of thiocarbonyl (C=S) groups is 1. The number of benzene rings is 1. The van der Waals surface area contributed by atoms with Crippen LogP contribution in [0.4, 0.5) is 5.69 Å². The Hall–Kier alpha value is -1.09. The summed E-state index contributed by atoms with van der Waals surface area (Å²) in [5.41, 5.74) is 2.65. The highest BCUT2D eigenvalue weighted by atomic mass is 32.1. The first-order chi connectivity index (χ1) is 10.1. The molecule has 0 atom stereocenters. The van der Waals surface area contributed by atoms with Crippen LogP contribution in [0.25, 0.3) is 0 Å². The van der Waals surface area contributed by atoms with E-state index in [1.54, 1.807) is 0 Å². The van der Waals surface area contributed by atoms with Crippen LogP contribution in [-0.4, -0.2) is 10.7 Å². The van der Waals surface area contributed by atoms with Gasteiger partial charge in [0.05, 0.1) is 0 Å². The predicted molar refractivity (Wildman–Crippen MR) is 91.4 cm³/mol. The summed E-state index contributed by atoms with van der Waals surface area (Å²) in [7, 11) is 0. The lowest BCUT2D eigenvalue weighted by atomic mass is 9.53. The molecule has 4 aliphatic carbocycles. The SMILES string of the molecule is Cc1cccc(NC(=S)NC23CC4CC(CC(C4)C2)C3)c1. The van der Waals surface area contributed by atoms with Crippen molar-refractivity contribution in [3.05, 3.63) is 29.8 Å². The van der Waals surface area contributed by atoms with Crippen molar-refractivity contribution in [1.82, 2.24) is 5.32 Å². The quantitative estimate of drug-likeness (QED) is 0.798. The molecule has 112 valence electrons. The molecule has 21 heavy (non-hydrogen) atoms. The second-order valence-electron chi connectivity index (χ2n) is 7.65. The van der Waals surface area contributed by atoms with Gasteiger partial charge in [-0.25, -0.2) is 0 Å². The van der Waals surface area contributed by atoms with Gasteiger partial charge in [0.1, 0.15) is 0 Å². The van der Waals surface area contributed by atoms with Gasteiger partial charge in [-0.2, -0.15) is 0 Å². The van der Waals surface area contributed by atoms with Crippen LogP contribution < -0.4 is 10.6 Å². The van der Waals surface area contributed by atoms with E-state index in [1.165, 1.54) is 44.1 Å². The van der Waals surface area contributed by atoms with Crippen LogP contribution in [0.3, 0.4) is 0 Å². The zero-order valence-corrected chi connectivity index (χ0v) is 13.5. The predicted octanol–water partition coefficient (Wildman–Crippen LogP) is 4.25. The van der Waals surface area contributed by atoms with E-state index >= 15 is 0 Å². The molecule has 3 heteroatoms. The average molecular weight is 300 g/mol. The molecule has 1 aromatic carbocycles. The van der Waals surface area contributed by atoms with E-state index in [0.29, 0.717) is 5.54 Å². The Balaban J connectivity index is 1.45. The molecular weight excluding hydrogens is 276 g/mol. The topological polar surface area (TPSA) is 24.1 Å². The summed E-state index contributed by atoms with van der Waals surface area (Å²) >= 11 is 5.59. The summed E-state index contributed by atoms with van der Waals surface area (Å²) in [5.74, 6) is 2.85. The smallest absolute Gasteiger partial charge is 0.171 e. The Kier molecular flexibility index (Phi) is 3.21. The third-order valence-corrected chi connectivity index (χ3v) is 5.90. The molecule has 2 nitrogen and oxygen atoms in total. The second-order valence-corrected chi connectivity index (χ2v) is 8.05. The molecule has 0 spiro atoms. The maximum Gasteiger partial charge on any atom is 0.171 e. The average Bonchev–Trinajstić information content (AvgIpc) is 2.35. The molecule has 0 saturated heterocycles. The largest absolute Gasteiger partial charge is 0.357 e. The van der Waals surface area contributed by atoms with Gasteiger partial charge in [0.2, 0.25) is 0 Å². The molecule has 4 aliphatic rings. The van der Waals surface area contributed by atoms with Crippen molar-refractivity contribution in [2.75, 3.05) is 5.32 Å². The normalized spacial score (nSPS) is 36.5. The summed E-state index contributed by atoms with van der Waals surface area (Å²) in [4.78, 5) is 0. The Labute approximate surface area is 132 Å². The van der Waals surface area contributed by atoms with Crippen LogP contribution in [0, 0.1) is 24.7 Å². The van der Waals surface area contributed by atoms with Crippen LogP contribution in [0.5, 0.6) is 0 Å². The van der Waals surface area contributed by atoms with Crippen molar-refractivity contribution >= 4 is 23.0 Å². The zero-order valence-electron chi connectivity index (χ0n) is 12.7. The summed E-state index contributed by atoms with van der Waals surface area (Å²) in [6.45, 7) is 2.11. The molecular formula is C18H24N2S. The summed E-state index contributed by atoms with van der Waals surface area (Å²) in [6.07, 6.45) is 8.40. The van der Waals surface area contributed by atoms with E-state index in [4.69, 9.17) is 12.2 Å². The molecule has 0 aromatic heterocycles. The lowest BCUT2D eigenvalue weighted by molar-refractivity contribution is -0.00972. The van der Waals surface area contributed by atoms with Crippen molar-refractivity contribution in [2.45, 2.75) is 51.0 Å². The van der Waals surface area contributed by atoms with Crippen molar-refractivity contribution < 1.29 is 0 Å². The third kappa shape index (κ3) is 2.68. The van der Waals surface area contributed by atoms with Crippen LogP contribution in [0.1, 0.15) is 44.1 Å². The highest BCUT2D eigenvalue weighted by Gasteiger charge is 2.51. The van der Waals surface area contributed by atoms with Gasteiger partial charge in [0, 0.05) is 11.2 Å². The number of rotatable bonds is 2. The van der Waals surface area contributed by atoms with E-state index < -0.39 is 0 Å². The Bertz CT molecular complexity index is 531. The fourth-order valence-corrected chi connectivity index (χ4v) is 5.72. The monoisotopic (exact) mass is 300 g/mol. The van der Waals surface area contributed by atoms with E-state index in [0.717, 1.165) is 28.6 Å². The van der Waals surface area contributed by atoms with Gasteiger partial charge >= 0.3 is 0 Å². The minimum Gasteiger partial charge on any atom is -0.357 e. The van der Waals surface area contributed by atoms with Gasteiger partial charge in [0.25, 0.3) is 0 Å². The number of hydrogen-bond donors (Lipinski definition) is 2. The van der Waals surface area contributed by atoms with E-state index in [2.05, 4.69) is 41.8 Å². The maximum atomic E-state index is 5.59. The van der Waals surface area contributed by atoms with E-state index in [-0.39, 0.29) is 0 Å². The Morgan fingerprint density at radius 2 is 1.71 bits per heavy atom. The van der Waals surface area contributed by atoms with Gasteiger partial charge in [0.15, 0.2) is 5.11 Å². The van der Waals surface area contributed by atoms with Gasteiger partial charge in [-0.1, -0.05) is 12.1 Å². The highest BCUT2D eigenvalue weighted by molar-refractivity contribution is 7.80. The number of nitrogens with one attached hydrogen (secondary N) is 2. The molecule has 0 amide bonds. The molecule has 0 radical (unpaired) electrons. The molecule has 5 rings (SSSR count). The summed E-state index contributed by atoms with van der Waals surface area (Å²) in [5, 5.41) is 7.90. The third-order valence-electron chi connectivity index (χ3n) is 5.69. The lowest BCUT2D eigenvalue weighted by Crippen LogP contribution is -2.60. The Morgan fingerprint density at radius 3 is 2.29 bits per heavy atom. The van der Waals surface area contributed by atoms with Crippen LogP contribution in [0.2, 0.25) is 0 Å². The molecule has 2 N–H and O–H groups in total. The molecule has 0 aliphatic heterocycles. The van der Waals surface area contributed by atoms with Crippen LogP contribution >= 0.6 is 12.2 Å². The second kappa shape index (κ2) is 4.98. The summed E-state index contributed by atoms with van der Waals surface area (Å²) in [6, 6.07) is 8.42. The molecule has 4 fully saturated rings. The first kappa shape index (κ1) is 13.6. The molecule has 1 aromatic rings. The van der Waals surface area contributed by atoms with Crippen molar-refractivity contribution in [3.8, 4) is 0 Å². The number of aryl methyl sites for hydroxylation is 1. The number of hydrogen-bond acceptors (Lipinski definition) is 1. The molecule has 0 heterocycles. The van der Waals surface area contributed by atoms with Crippen LogP contribution in [0.15, 0.2) is 24.3 Å². The highest BCUT2D eigenvalue weighted by Crippen LogP contribution is 2.55. The molecule has 0 unspecified atom stereocenters. The zero-order chi connectivity index (χ0) is 14.4. The van der Waals surface area contributed by atoms with Crippen molar-refractivity contribution in [3.63, 3.8) is 0 Å². The van der Waals surface area contributed by atoms with Gasteiger partial charge in [-0.3, -0.25) is 0 Å². The minimum absolute atomic E-state index is 0.294. The maximum absolute atomic E-state index is 5.59. The first-order valence-electron chi connectivity index (χ1n) is 8.26. The number of anilines is 1. The van der Waals surface area contributed by atoms with E-state index in [9.17, 15) is 0 Å². The van der Waals surface area contributed by atoms with Gasteiger partial charge in [-0.05, 0) is 93.1 Å². The van der Waals surface area contributed by atoms with Crippen molar-refractivity contribution in [1.29, 1.82) is 0 Å². The van der Waals surface area contributed by atoms with Crippen molar-refractivity contribution in [2.24, 2.45) is 17.8 Å². The summed E-state index contributed by atoms with van der Waals surface area (Å²) < 4.78 is 0. The van der Waals surface area contributed by atoms with Gasteiger partial charge in [-0.15, -0.1) is 0 Å². The molecule has 4 bridgehead atoms. The minimum atomic E-state index is 0.294. The fraction of sp³-hybridized carbons (Fsp3) is 0.611. The van der Waals surface area contributed by atoms with Crippen LogP contribution in [-0.2, 0) is 0 Å². The standard InChI is InChI=1S/C18H24N2S/c1-12-3-2-4-16(5-12)19-17(21)20-18-9-13-6-14(10-18)8-15(7-13)11-18/h2-5,13-15H,6-11H2,1H3,(H2,19,20,21). The fourth-order valence-electron chi connectivity index (χ4n) is 5.39. The Morgan fingerprint density at radius 1 is 1.10 bits per heavy atom. The van der Waals surface area contributed by atoms with Gasteiger partial charge < -0.3 is 10.6 Å².